The van der Waals surface area contributed by atoms with Crippen LogP contribution in [0.1, 0.15) is 5.56 Å². The van der Waals surface area contributed by atoms with Gasteiger partial charge in [0.05, 0.1) is 26.9 Å². The number of hydrogen-bond acceptors (Lipinski definition) is 15. The lowest BCUT2D eigenvalue weighted by Crippen LogP contribution is -2.05. The summed E-state index contributed by atoms with van der Waals surface area (Å²) in [5.41, 5.74) is 0.397. The van der Waals surface area contributed by atoms with Crippen molar-refractivity contribution in [3.8, 4) is 0 Å². The summed E-state index contributed by atoms with van der Waals surface area (Å²) in [6.07, 6.45) is -1.28. The van der Waals surface area contributed by atoms with E-state index in [1.807, 2.05) is 0 Å². The van der Waals surface area contributed by atoms with Crippen LogP contribution in [0.4, 0.5) is 43.0 Å². The maximum atomic E-state index is 13.5. The molecule has 1 aromatic heterocycles. The monoisotopic (exact) mass is 849 g/mol. The molecular formula is C31H21F2N7O12S4. The van der Waals surface area contributed by atoms with Crippen LogP contribution in [0.2, 0.25) is 0 Å². The number of hydrogen-bond donors (Lipinski definition) is 5. The minimum Gasteiger partial charge on any atom is -0.340 e. The third-order valence-corrected chi connectivity index (χ3v) is 11.2. The van der Waals surface area contributed by atoms with Gasteiger partial charge >= 0.3 is 6.08 Å². The highest BCUT2D eigenvalue weighted by atomic mass is 32.2. The number of fused-ring (bicyclic) bond motifs is 2. The Balaban J connectivity index is 1.44. The summed E-state index contributed by atoms with van der Waals surface area (Å²) < 4.78 is 163. The number of aryl methyl sites for hydroxylation is 1. The van der Waals surface area contributed by atoms with Crippen LogP contribution in [-0.4, -0.2) is 61.9 Å². The number of nitrogens with one attached hydrogen (secondary N) is 1. The van der Waals surface area contributed by atoms with Crippen LogP contribution in [0, 0.1) is 18.9 Å². The quantitative estimate of drug-likeness (QED) is 0.0404. The van der Waals surface area contributed by atoms with Crippen molar-refractivity contribution >= 4 is 96.3 Å². The molecule has 0 unspecified atom stereocenters. The Bertz CT molecular complexity index is 3150. The van der Waals surface area contributed by atoms with Crippen molar-refractivity contribution in [3.05, 3.63) is 96.5 Å². The fourth-order valence-corrected chi connectivity index (χ4v) is 7.75. The predicted octanol–water partition coefficient (Wildman–Crippen LogP) is 6.93. The average molecular weight is 850 g/mol. The van der Waals surface area contributed by atoms with Crippen LogP contribution in [0.25, 0.3) is 21.5 Å². The first kappa shape index (κ1) is 39.9. The molecular weight excluding hydrogens is 829 g/mol. The molecule has 5 N–H and O–H groups in total. The van der Waals surface area contributed by atoms with E-state index in [0.29, 0.717) is 35.1 Å². The average Bonchev–Trinajstić information content (AvgIpc) is 3.07. The van der Waals surface area contributed by atoms with Gasteiger partial charge in [-0.3, -0.25) is 18.2 Å². The Morgan fingerprint density at radius 3 is 1.71 bits per heavy atom. The zero-order valence-electron chi connectivity index (χ0n) is 27.6. The lowest BCUT2D eigenvalue weighted by atomic mass is 10.1. The second-order valence-electron chi connectivity index (χ2n) is 11.5. The van der Waals surface area contributed by atoms with Crippen LogP contribution < -0.4 is 5.32 Å². The summed E-state index contributed by atoms with van der Waals surface area (Å²) in [7, 11) is -20.3. The van der Waals surface area contributed by atoms with Gasteiger partial charge < -0.3 is 5.32 Å². The molecule has 0 amide bonds. The fourth-order valence-electron chi connectivity index (χ4n) is 5.26. The van der Waals surface area contributed by atoms with E-state index >= 15 is 0 Å². The highest BCUT2D eigenvalue weighted by Gasteiger charge is 2.25. The fraction of sp³-hybridized carbons (Fsp3) is 0.0323. The molecule has 6 aromatic rings. The molecule has 0 aliphatic rings. The topological polar surface area (TPSA) is 305 Å². The normalized spacial score (nSPS) is 13.0. The molecule has 0 aliphatic heterocycles. The van der Waals surface area contributed by atoms with Crippen LogP contribution in [0.15, 0.2) is 119 Å². The molecule has 0 saturated carbocycles. The van der Waals surface area contributed by atoms with Gasteiger partial charge in [-0.1, -0.05) is 6.07 Å². The zero-order valence-corrected chi connectivity index (χ0v) is 30.9. The van der Waals surface area contributed by atoms with Crippen molar-refractivity contribution < 1.29 is 60.7 Å². The number of rotatable bonds is 10. The molecule has 0 bridgehead atoms. The van der Waals surface area contributed by atoms with Crippen LogP contribution in [0.3, 0.4) is 0 Å². The maximum absolute atomic E-state index is 13.5. The van der Waals surface area contributed by atoms with Crippen LogP contribution in [-0.2, 0) is 40.5 Å². The van der Waals surface area contributed by atoms with E-state index in [9.17, 15) is 60.7 Å². The number of aromatic nitrogens is 2. The standard InChI is InChI=1S/C31H21F2N7O12S4/c1-15-8-17(34-30-14-29(32)35-31(33)36-30)2-5-23(15)37-39-25-7-6-24(20-4-3-18(11-22(20)25)53(41,42)43)38-40-26-13-21-16(10-28(26)56(50,51)52)9-19(54(44,45)46)12-27(21)55(47,48)49/h2-14H,1H3,(H,34,35,36)(H,41,42,43)(H,44,45,46)(H,47,48,49)(H,50,51,52). The molecule has 0 atom stereocenters. The molecule has 0 saturated heterocycles. The van der Waals surface area contributed by atoms with Gasteiger partial charge in [-0.15, -0.1) is 15.3 Å². The predicted molar refractivity (Wildman–Crippen MR) is 192 cm³/mol. The number of nitrogens with zero attached hydrogens (tertiary/aromatic N) is 6. The Hall–Kier alpha value is -5.80. The summed E-state index contributed by atoms with van der Waals surface area (Å²) in [6.45, 7) is 1.64. The van der Waals surface area contributed by atoms with Gasteiger partial charge in [0.25, 0.3) is 40.5 Å². The second-order valence-corrected chi connectivity index (χ2v) is 17.2. The zero-order chi connectivity index (χ0) is 41.0. The second kappa shape index (κ2) is 14.4. The minimum atomic E-state index is -5.22. The summed E-state index contributed by atoms with van der Waals surface area (Å²) >= 11 is 0. The van der Waals surface area contributed by atoms with Gasteiger partial charge in [0.2, 0.25) is 5.95 Å². The lowest BCUT2D eigenvalue weighted by Gasteiger charge is -2.10. The van der Waals surface area contributed by atoms with E-state index in [1.165, 1.54) is 30.3 Å². The minimum absolute atomic E-state index is 0.0176. The van der Waals surface area contributed by atoms with Gasteiger partial charge in [-0.25, -0.2) is 0 Å². The summed E-state index contributed by atoms with van der Waals surface area (Å²) in [5, 5.41) is 18.1. The lowest BCUT2D eigenvalue weighted by molar-refractivity contribution is 0.479. The highest BCUT2D eigenvalue weighted by Crippen LogP contribution is 2.39. The van der Waals surface area contributed by atoms with E-state index in [1.54, 1.807) is 13.0 Å². The Morgan fingerprint density at radius 2 is 1.12 bits per heavy atom. The van der Waals surface area contributed by atoms with E-state index in [2.05, 4.69) is 35.7 Å². The van der Waals surface area contributed by atoms with Crippen molar-refractivity contribution in [1.29, 1.82) is 0 Å². The van der Waals surface area contributed by atoms with Crippen LogP contribution in [0.5, 0.6) is 0 Å². The number of benzene rings is 5. The van der Waals surface area contributed by atoms with Gasteiger partial charge in [0.1, 0.15) is 21.3 Å². The molecule has 0 spiro atoms. The molecule has 5 aromatic carbocycles. The highest BCUT2D eigenvalue weighted by molar-refractivity contribution is 7.87. The molecule has 6 rings (SSSR count). The molecule has 1 heterocycles. The molecule has 0 aliphatic carbocycles. The van der Waals surface area contributed by atoms with E-state index in [0.717, 1.165) is 24.3 Å². The Labute approximate surface area is 314 Å². The van der Waals surface area contributed by atoms with E-state index in [4.69, 9.17) is 0 Å². The third kappa shape index (κ3) is 8.68. The molecule has 290 valence electrons. The third-order valence-electron chi connectivity index (χ3n) is 7.73. The van der Waals surface area contributed by atoms with Crippen LogP contribution >= 0.6 is 0 Å². The van der Waals surface area contributed by atoms with E-state index in [-0.39, 0.29) is 28.0 Å². The Kier molecular flexibility index (Phi) is 10.2. The Morgan fingerprint density at radius 1 is 0.536 bits per heavy atom. The molecule has 0 fully saturated rings. The molecule has 56 heavy (non-hydrogen) atoms. The first-order chi connectivity index (χ1) is 26.0. The summed E-state index contributed by atoms with van der Waals surface area (Å²) in [6, 6.07) is 13.7. The number of azo groups is 2. The number of halogens is 2. The van der Waals surface area contributed by atoms with Gasteiger partial charge in [0, 0.05) is 27.9 Å². The van der Waals surface area contributed by atoms with Gasteiger partial charge in [-0.2, -0.15) is 57.5 Å². The first-order valence-electron chi connectivity index (χ1n) is 15.0. The maximum Gasteiger partial charge on any atom is 0.313 e. The smallest absolute Gasteiger partial charge is 0.313 e. The van der Waals surface area contributed by atoms with Crippen molar-refractivity contribution in [3.63, 3.8) is 0 Å². The summed E-state index contributed by atoms with van der Waals surface area (Å²) in [4.78, 5) is 2.71. The first-order valence-corrected chi connectivity index (χ1v) is 20.7. The number of anilines is 2. The largest absolute Gasteiger partial charge is 0.340 e. The summed E-state index contributed by atoms with van der Waals surface area (Å²) in [5.74, 6) is -1.25. The van der Waals surface area contributed by atoms with Crippen molar-refractivity contribution in [2.75, 3.05) is 5.32 Å². The van der Waals surface area contributed by atoms with Gasteiger partial charge in [-0.05, 0) is 84.6 Å². The van der Waals surface area contributed by atoms with E-state index < -0.39 is 88.5 Å². The molecule has 25 heteroatoms. The molecule has 19 nitrogen and oxygen atoms in total. The van der Waals surface area contributed by atoms with Gasteiger partial charge in [0.15, 0.2) is 0 Å². The van der Waals surface area contributed by atoms with Crippen molar-refractivity contribution in [2.24, 2.45) is 20.5 Å². The van der Waals surface area contributed by atoms with Crippen molar-refractivity contribution in [2.45, 2.75) is 26.5 Å². The van der Waals surface area contributed by atoms with Crippen molar-refractivity contribution in [1.82, 2.24) is 9.97 Å². The SMILES string of the molecule is Cc1cc(Nc2cc(F)nc(F)n2)ccc1N=Nc1ccc(N=Nc2cc3c(S(=O)(=O)O)cc(S(=O)(=O)O)cc3cc2S(=O)(=O)O)c2ccc(S(=O)(=O)O)cc12. The molecule has 0 radical (unpaired) electrons.